The molecule has 2 amide bonds. The molecule has 1 atom stereocenters. The Balaban J connectivity index is 1.68. The van der Waals surface area contributed by atoms with Crippen molar-refractivity contribution < 1.29 is 18.7 Å². The van der Waals surface area contributed by atoms with Crippen LogP contribution < -0.4 is 14.8 Å². The minimum Gasteiger partial charge on any atom is -0.497 e. The van der Waals surface area contributed by atoms with Gasteiger partial charge in [0.1, 0.15) is 23.4 Å². The Bertz CT molecular complexity index is 1030. The summed E-state index contributed by atoms with van der Waals surface area (Å²) in [6.45, 7) is 1.09. The number of ether oxygens (including phenoxy) is 2. The zero-order valence-electron chi connectivity index (χ0n) is 16.3. The number of urea groups is 1. The third kappa shape index (κ3) is 3.51. The second kappa shape index (κ2) is 7.87. The van der Waals surface area contributed by atoms with Gasteiger partial charge in [0.2, 0.25) is 0 Å². The number of nitrogens with zero attached hydrogens (tertiary/aromatic N) is 2. The molecule has 1 aromatic heterocycles. The van der Waals surface area contributed by atoms with Crippen LogP contribution >= 0.6 is 0 Å². The van der Waals surface area contributed by atoms with Gasteiger partial charge in [0.15, 0.2) is 0 Å². The Kier molecular flexibility index (Phi) is 5.12. The van der Waals surface area contributed by atoms with Crippen LogP contribution in [0.2, 0.25) is 0 Å². The lowest BCUT2D eigenvalue weighted by molar-refractivity contribution is 0.180. The van der Waals surface area contributed by atoms with E-state index in [9.17, 15) is 9.18 Å². The van der Waals surface area contributed by atoms with E-state index in [1.165, 1.54) is 13.2 Å². The minimum atomic E-state index is -0.524. The van der Waals surface area contributed by atoms with Gasteiger partial charge >= 0.3 is 6.03 Å². The number of fused-ring (bicyclic) bond motifs is 1. The molecule has 0 aliphatic carbocycles. The summed E-state index contributed by atoms with van der Waals surface area (Å²) in [6.07, 6.45) is 1.95. The lowest BCUT2D eigenvalue weighted by Crippen LogP contribution is -2.44. The molecule has 29 heavy (non-hydrogen) atoms. The molecular weight excluding hydrogens is 373 g/mol. The van der Waals surface area contributed by atoms with Crippen LogP contribution in [0, 0.1) is 5.82 Å². The number of amides is 2. The van der Waals surface area contributed by atoms with Crippen LogP contribution in [0.5, 0.6) is 11.5 Å². The number of rotatable bonds is 4. The highest BCUT2D eigenvalue weighted by atomic mass is 19.1. The first-order chi connectivity index (χ1) is 14.1. The predicted molar refractivity (Wildman–Crippen MR) is 108 cm³/mol. The molecule has 0 unspecified atom stereocenters. The van der Waals surface area contributed by atoms with Crippen molar-refractivity contribution in [2.24, 2.45) is 0 Å². The third-order valence-electron chi connectivity index (χ3n) is 5.15. The van der Waals surface area contributed by atoms with Crippen LogP contribution in [0.15, 0.2) is 60.8 Å². The van der Waals surface area contributed by atoms with Crippen LogP contribution in [0.3, 0.4) is 0 Å². The maximum absolute atomic E-state index is 14.6. The number of benzene rings is 2. The van der Waals surface area contributed by atoms with Gasteiger partial charge in [0.05, 0.1) is 19.9 Å². The van der Waals surface area contributed by atoms with Crippen LogP contribution in [-0.4, -0.2) is 36.3 Å². The first-order valence-corrected chi connectivity index (χ1v) is 9.31. The molecule has 150 valence electrons. The van der Waals surface area contributed by atoms with Gasteiger partial charge < -0.3 is 24.3 Å². The van der Waals surface area contributed by atoms with Crippen LogP contribution in [-0.2, 0) is 6.54 Å². The fourth-order valence-corrected chi connectivity index (χ4v) is 3.72. The normalized spacial score (nSPS) is 15.6. The van der Waals surface area contributed by atoms with Crippen LogP contribution in [0.25, 0.3) is 0 Å². The number of halogens is 1. The molecule has 7 heteroatoms. The van der Waals surface area contributed by atoms with Crippen molar-refractivity contribution in [1.29, 1.82) is 0 Å². The quantitative estimate of drug-likeness (QED) is 0.717. The largest absolute Gasteiger partial charge is 0.497 e. The summed E-state index contributed by atoms with van der Waals surface area (Å²) in [7, 11) is 3.09. The molecule has 2 heterocycles. The third-order valence-corrected chi connectivity index (χ3v) is 5.15. The number of methoxy groups -OCH3 is 2. The lowest BCUT2D eigenvalue weighted by atomic mass is 9.99. The summed E-state index contributed by atoms with van der Waals surface area (Å²) in [5.74, 6) is 0.771. The lowest BCUT2D eigenvalue weighted by Gasteiger charge is -2.37. The van der Waals surface area contributed by atoms with Gasteiger partial charge in [0.25, 0.3) is 0 Å². The molecule has 6 nitrogen and oxygen atoms in total. The molecule has 0 saturated carbocycles. The van der Waals surface area contributed by atoms with Gasteiger partial charge in [-0.05, 0) is 30.3 Å². The maximum Gasteiger partial charge on any atom is 0.322 e. The van der Waals surface area contributed by atoms with Crippen molar-refractivity contribution in [2.45, 2.75) is 12.6 Å². The Hall–Kier alpha value is -3.48. The van der Waals surface area contributed by atoms with Gasteiger partial charge in [-0.1, -0.05) is 18.2 Å². The molecule has 1 aliphatic rings. The number of carbonyl (C=O) groups excluding carboxylic acids is 1. The van der Waals surface area contributed by atoms with E-state index in [4.69, 9.17) is 9.47 Å². The van der Waals surface area contributed by atoms with Gasteiger partial charge in [-0.15, -0.1) is 0 Å². The maximum atomic E-state index is 14.6. The standard InChI is InChI=1S/C22H22FN3O3/c1-28-15-9-10-18(20(14-15)29-2)24-22(27)26-13-12-25-11-5-8-19(25)21(26)16-6-3-4-7-17(16)23/h3-11,14,21H,12-13H2,1-2H3,(H,24,27)/t21-/m1/s1. The van der Waals surface area contributed by atoms with E-state index in [2.05, 4.69) is 9.88 Å². The van der Waals surface area contributed by atoms with Crippen molar-refractivity contribution in [2.75, 3.05) is 26.1 Å². The summed E-state index contributed by atoms with van der Waals surface area (Å²) >= 11 is 0. The topological polar surface area (TPSA) is 55.7 Å². The smallest absolute Gasteiger partial charge is 0.322 e. The fraction of sp³-hybridized carbons (Fsp3) is 0.227. The van der Waals surface area contributed by atoms with Gasteiger partial charge in [-0.2, -0.15) is 0 Å². The zero-order chi connectivity index (χ0) is 20.4. The highest BCUT2D eigenvalue weighted by molar-refractivity contribution is 5.91. The average Bonchev–Trinajstić information content (AvgIpc) is 3.22. The molecule has 0 spiro atoms. The molecule has 2 aromatic carbocycles. The summed E-state index contributed by atoms with van der Waals surface area (Å²) < 4.78 is 27.3. The monoisotopic (exact) mass is 395 g/mol. The van der Waals surface area contributed by atoms with Crippen molar-refractivity contribution in [3.63, 3.8) is 0 Å². The first-order valence-electron chi connectivity index (χ1n) is 9.31. The number of carbonyl (C=O) groups is 1. The molecule has 0 bridgehead atoms. The number of anilines is 1. The predicted octanol–water partition coefficient (Wildman–Crippen LogP) is 4.28. The summed E-state index contributed by atoms with van der Waals surface area (Å²) in [5, 5.41) is 2.90. The highest BCUT2D eigenvalue weighted by Gasteiger charge is 2.34. The highest BCUT2D eigenvalue weighted by Crippen LogP contribution is 2.35. The second-order valence-corrected chi connectivity index (χ2v) is 6.74. The summed E-state index contributed by atoms with van der Waals surface area (Å²) in [4.78, 5) is 14.9. The molecular formula is C22H22FN3O3. The Morgan fingerprint density at radius 3 is 2.66 bits per heavy atom. The minimum absolute atomic E-state index is 0.325. The van der Waals surface area contributed by atoms with E-state index in [-0.39, 0.29) is 11.8 Å². The summed E-state index contributed by atoms with van der Waals surface area (Å²) in [6, 6.07) is 14.7. The van der Waals surface area contributed by atoms with Crippen molar-refractivity contribution >= 4 is 11.7 Å². The molecule has 3 aromatic rings. The Morgan fingerprint density at radius 1 is 1.07 bits per heavy atom. The van der Waals surface area contributed by atoms with E-state index in [1.807, 2.05) is 18.3 Å². The number of aromatic nitrogens is 1. The van der Waals surface area contributed by atoms with Gasteiger partial charge in [0, 0.05) is 36.6 Å². The van der Waals surface area contributed by atoms with Crippen LogP contribution in [0.4, 0.5) is 14.9 Å². The Labute approximate surface area is 168 Å². The number of hydrogen-bond acceptors (Lipinski definition) is 3. The molecule has 0 saturated heterocycles. The van der Waals surface area contributed by atoms with E-state index in [1.54, 1.807) is 48.4 Å². The average molecular weight is 395 g/mol. The Morgan fingerprint density at radius 2 is 1.90 bits per heavy atom. The van der Waals surface area contributed by atoms with Gasteiger partial charge in [-0.25, -0.2) is 9.18 Å². The van der Waals surface area contributed by atoms with E-state index >= 15 is 0 Å². The molecule has 4 rings (SSSR count). The first kappa shape index (κ1) is 18.9. The number of nitrogens with one attached hydrogen (secondary N) is 1. The van der Waals surface area contributed by atoms with Crippen molar-refractivity contribution in [1.82, 2.24) is 9.47 Å². The van der Waals surface area contributed by atoms with E-state index < -0.39 is 6.04 Å². The van der Waals surface area contributed by atoms with Gasteiger partial charge in [-0.3, -0.25) is 0 Å². The second-order valence-electron chi connectivity index (χ2n) is 6.74. The van der Waals surface area contributed by atoms with Crippen LogP contribution in [0.1, 0.15) is 17.3 Å². The van der Waals surface area contributed by atoms with Crippen molar-refractivity contribution in [3.8, 4) is 11.5 Å². The van der Waals surface area contributed by atoms with E-state index in [0.29, 0.717) is 35.8 Å². The molecule has 1 aliphatic heterocycles. The fourth-order valence-electron chi connectivity index (χ4n) is 3.72. The molecule has 1 N–H and O–H groups in total. The molecule has 0 fully saturated rings. The molecule has 0 radical (unpaired) electrons. The van der Waals surface area contributed by atoms with Crippen molar-refractivity contribution in [3.05, 3.63) is 77.9 Å². The zero-order valence-corrected chi connectivity index (χ0v) is 16.3. The SMILES string of the molecule is COc1ccc(NC(=O)N2CCn3cccc3[C@H]2c2ccccc2F)c(OC)c1. The summed E-state index contributed by atoms with van der Waals surface area (Å²) in [5.41, 5.74) is 1.86. The van der Waals surface area contributed by atoms with E-state index in [0.717, 1.165) is 5.69 Å². The number of hydrogen-bond donors (Lipinski definition) is 1.